The van der Waals surface area contributed by atoms with Gasteiger partial charge in [-0.15, -0.1) is 0 Å². The van der Waals surface area contributed by atoms with Gasteiger partial charge in [0.05, 0.1) is 26.4 Å². The molecule has 0 saturated carbocycles. The summed E-state index contributed by atoms with van der Waals surface area (Å²) < 4.78 is 68.4. The lowest BCUT2D eigenvalue weighted by atomic mass is 10.0. The fraction of sp³-hybridized carbons (Fsp3) is 0.946. The van der Waals surface area contributed by atoms with Crippen LogP contribution in [0.3, 0.4) is 0 Å². The Morgan fingerprint density at radius 3 is 0.667 bits per heavy atom. The summed E-state index contributed by atoms with van der Waals surface area (Å²) in [5, 5.41) is 10.6. The van der Waals surface area contributed by atoms with Gasteiger partial charge in [0.1, 0.15) is 19.3 Å². The molecule has 0 aliphatic heterocycles. The molecule has 0 radical (unpaired) electrons. The van der Waals surface area contributed by atoms with Crippen molar-refractivity contribution in [2.24, 2.45) is 23.7 Å². The Labute approximate surface area is 568 Å². The third-order valence-electron chi connectivity index (χ3n) is 17.1. The zero-order valence-corrected chi connectivity index (χ0v) is 62.7. The Kier molecular flexibility index (Phi) is 62.2. The van der Waals surface area contributed by atoms with Gasteiger partial charge in [0, 0.05) is 25.7 Å². The van der Waals surface area contributed by atoms with Crippen LogP contribution < -0.4 is 0 Å². The molecule has 0 aromatic rings. The summed E-state index contributed by atoms with van der Waals surface area (Å²) in [5.74, 6) is 0.886. The average Bonchev–Trinajstić information content (AvgIpc) is 2.28. The highest BCUT2D eigenvalue weighted by Gasteiger charge is 2.30. The van der Waals surface area contributed by atoms with E-state index in [1.54, 1.807) is 0 Å². The summed E-state index contributed by atoms with van der Waals surface area (Å²) in [7, 11) is -9.91. The van der Waals surface area contributed by atoms with Crippen molar-refractivity contribution < 1.29 is 80.2 Å². The van der Waals surface area contributed by atoms with Gasteiger partial charge in [0.15, 0.2) is 12.2 Å². The number of unbranched alkanes of at least 4 members (excludes halogenated alkanes) is 37. The number of ether oxygens (including phenoxy) is 4. The van der Waals surface area contributed by atoms with Gasteiger partial charge in [-0.25, -0.2) is 9.13 Å². The number of phosphoric ester groups is 2. The summed E-state index contributed by atoms with van der Waals surface area (Å²) in [6.45, 7) is 14.1. The first-order valence-corrected chi connectivity index (χ1v) is 41.2. The predicted octanol–water partition coefficient (Wildman–Crippen LogP) is 21.3. The number of aliphatic hydroxyl groups excluding tert-OH is 1. The number of phosphoric acid groups is 2. The largest absolute Gasteiger partial charge is 0.472 e. The zero-order chi connectivity index (χ0) is 68.9. The van der Waals surface area contributed by atoms with Crippen molar-refractivity contribution in [1.82, 2.24) is 0 Å². The van der Waals surface area contributed by atoms with Crippen LogP contribution in [-0.2, 0) is 65.4 Å². The van der Waals surface area contributed by atoms with Crippen molar-refractivity contribution in [2.75, 3.05) is 39.6 Å². The lowest BCUT2D eigenvalue weighted by molar-refractivity contribution is -0.161. The molecular formula is C74H144O17P2. The van der Waals surface area contributed by atoms with Crippen LogP contribution in [0.1, 0.15) is 370 Å². The molecule has 3 unspecified atom stereocenters. The van der Waals surface area contributed by atoms with Crippen LogP contribution in [0.4, 0.5) is 0 Å². The molecule has 0 rings (SSSR count). The van der Waals surface area contributed by atoms with E-state index < -0.39 is 97.5 Å². The molecule has 5 atom stereocenters. The Hall–Kier alpha value is -1.94. The van der Waals surface area contributed by atoms with E-state index in [2.05, 4.69) is 55.4 Å². The lowest BCUT2D eigenvalue weighted by Crippen LogP contribution is -2.30. The van der Waals surface area contributed by atoms with Gasteiger partial charge in [0.25, 0.3) is 0 Å². The maximum Gasteiger partial charge on any atom is 0.472 e. The van der Waals surface area contributed by atoms with Crippen molar-refractivity contribution in [3.05, 3.63) is 0 Å². The standard InChI is InChI=1S/C74H144O17P2/c1-64(2)50-42-34-26-19-14-10-9-11-17-23-31-40-48-56-73(78)90-70(61-85-72(77)55-47-39-33-25-29-37-45-53-67(7)8)63-89-93(82,83)87-59-68(75)58-86-92(80,81)88-62-69(91-74(79)57-49-41-32-24-18-21-28-36-44-52-66(5)6)60-84-71(76)54-46-38-30-22-16-13-12-15-20-27-35-43-51-65(3)4/h64-70,75H,9-63H2,1-8H3,(H,80,81)(H,82,83)/t68?,69-,70-/m1/s1. The molecule has 0 fully saturated rings. The van der Waals surface area contributed by atoms with Gasteiger partial charge in [-0.2, -0.15) is 0 Å². The van der Waals surface area contributed by atoms with Crippen LogP contribution in [-0.4, -0.2) is 96.7 Å². The van der Waals surface area contributed by atoms with E-state index in [1.165, 1.54) is 167 Å². The summed E-state index contributed by atoms with van der Waals surface area (Å²) in [4.78, 5) is 72.7. The third kappa shape index (κ3) is 68.4. The van der Waals surface area contributed by atoms with Gasteiger partial charge >= 0.3 is 39.5 Å². The van der Waals surface area contributed by atoms with Crippen molar-refractivity contribution in [3.8, 4) is 0 Å². The second-order valence-electron chi connectivity index (χ2n) is 28.6. The summed E-state index contributed by atoms with van der Waals surface area (Å²) in [6.07, 6.45) is 47.2. The Morgan fingerprint density at radius 2 is 0.452 bits per heavy atom. The number of carbonyl (C=O) groups is 4. The molecule has 0 saturated heterocycles. The third-order valence-corrected chi connectivity index (χ3v) is 19.0. The molecule has 0 aromatic heterocycles. The van der Waals surface area contributed by atoms with Gasteiger partial charge in [-0.05, 0) is 49.4 Å². The fourth-order valence-corrected chi connectivity index (χ4v) is 12.8. The quantitative estimate of drug-likeness (QED) is 0.0222. The normalized spacial score (nSPS) is 14.2. The van der Waals surface area contributed by atoms with Gasteiger partial charge in [-0.3, -0.25) is 37.3 Å². The van der Waals surface area contributed by atoms with Crippen LogP contribution in [0.5, 0.6) is 0 Å². The molecule has 0 aromatic carbocycles. The van der Waals surface area contributed by atoms with Crippen molar-refractivity contribution in [2.45, 2.75) is 388 Å². The smallest absolute Gasteiger partial charge is 0.462 e. The highest BCUT2D eigenvalue weighted by molar-refractivity contribution is 7.47. The minimum atomic E-state index is -4.96. The summed E-state index contributed by atoms with van der Waals surface area (Å²) in [6, 6.07) is 0. The number of aliphatic hydroxyl groups is 1. The number of hydrogen-bond acceptors (Lipinski definition) is 15. The topological polar surface area (TPSA) is 237 Å². The monoisotopic (exact) mass is 1370 g/mol. The molecule has 0 amide bonds. The van der Waals surface area contributed by atoms with E-state index in [0.717, 1.165) is 114 Å². The Bertz CT molecular complexity index is 1830. The second-order valence-corrected chi connectivity index (χ2v) is 31.5. The van der Waals surface area contributed by atoms with Crippen LogP contribution >= 0.6 is 15.6 Å². The number of esters is 4. The molecule has 3 N–H and O–H groups in total. The Balaban J connectivity index is 5.24. The van der Waals surface area contributed by atoms with Crippen molar-refractivity contribution in [3.63, 3.8) is 0 Å². The predicted molar refractivity (Wildman–Crippen MR) is 377 cm³/mol. The minimum Gasteiger partial charge on any atom is -0.462 e. The van der Waals surface area contributed by atoms with E-state index in [-0.39, 0.29) is 25.7 Å². The zero-order valence-electron chi connectivity index (χ0n) is 60.9. The summed E-state index contributed by atoms with van der Waals surface area (Å²) in [5.41, 5.74) is 0. The van der Waals surface area contributed by atoms with Crippen molar-refractivity contribution >= 4 is 39.5 Å². The molecule has 17 nitrogen and oxygen atoms in total. The highest BCUT2D eigenvalue weighted by atomic mass is 31.2. The highest BCUT2D eigenvalue weighted by Crippen LogP contribution is 2.45. The van der Waals surface area contributed by atoms with E-state index in [9.17, 15) is 43.2 Å². The van der Waals surface area contributed by atoms with E-state index in [4.69, 9.17) is 37.0 Å². The first-order valence-electron chi connectivity index (χ1n) is 38.2. The van der Waals surface area contributed by atoms with E-state index in [0.29, 0.717) is 31.6 Å². The molecular weight excluding hydrogens is 1220 g/mol. The second kappa shape index (κ2) is 63.5. The van der Waals surface area contributed by atoms with Crippen LogP contribution in [0.2, 0.25) is 0 Å². The maximum absolute atomic E-state index is 13.0. The van der Waals surface area contributed by atoms with E-state index >= 15 is 0 Å². The minimum absolute atomic E-state index is 0.105. The first kappa shape index (κ1) is 91.1. The molecule has 19 heteroatoms. The van der Waals surface area contributed by atoms with Crippen LogP contribution in [0.15, 0.2) is 0 Å². The maximum atomic E-state index is 13.0. The molecule has 0 bridgehead atoms. The van der Waals surface area contributed by atoms with Crippen molar-refractivity contribution in [1.29, 1.82) is 0 Å². The molecule has 0 spiro atoms. The lowest BCUT2D eigenvalue weighted by Gasteiger charge is -2.21. The van der Waals surface area contributed by atoms with Crippen LogP contribution in [0.25, 0.3) is 0 Å². The molecule has 93 heavy (non-hydrogen) atoms. The fourth-order valence-electron chi connectivity index (χ4n) is 11.2. The van der Waals surface area contributed by atoms with Gasteiger partial charge in [-0.1, -0.05) is 319 Å². The van der Waals surface area contributed by atoms with Gasteiger partial charge < -0.3 is 33.8 Å². The van der Waals surface area contributed by atoms with E-state index in [1.807, 2.05) is 0 Å². The number of carbonyl (C=O) groups excluding carboxylic acids is 4. The molecule has 0 aliphatic carbocycles. The SMILES string of the molecule is CC(C)CCCCCCCCCCCCCCCC(=O)O[C@H](COC(=O)CCCCCCCCCC(C)C)COP(=O)(O)OCC(O)COP(=O)(O)OC[C@@H](COC(=O)CCCCCCCCCCCCCCC(C)C)OC(=O)CCCCCCCCCCCC(C)C. The molecule has 0 aliphatic rings. The first-order chi connectivity index (χ1) is 44.6. The average molecular weight is 1370 g/mol. The summed E-state index contributed by atoms with van der Waals surface area (Å²) >= 11 is 0. The number of hydrogen-bond donors (Lipinski definition) is 3. The van der Waals surface area contributed by atoms with Gasteiger partial charge in [0.2, 0.25) is 0 Å². The number of rotatable bonds is 71. The molecule has 0 heterocycles. The van der Waals surface area contributed by atoms with Crippen LogP contribution in [0, 0.1) is 23.7 Å². The Morgan fingerprint density at radius 1 is 0.269 bits per heavy atom. The molecule has 552 valence electrons.